The molecule has 0 bridgehead atoms. The minimum absolute atomic E-state index is 0.00439. The fraction of sp³-hybridized carbons (Fsp3) is 0.143. The summed E-state index contributed by atoms with van der Waals surface area (Å²) in [5.74, 6) is -0.0297. The lowest BCUT2D eigenvalue weighted by Gasteiger charge is -2.18. The van der Waals surface area contributed by atoms with Crippen LogP contribution in [0.4, 0.5) is 0 Å². The lowest BCUT2D eigenvalue weighted by Crippen LogP contribution is -2.11. The van der Waals surface area contributed by atoms with Crippen molar-refractivity contribution in [1.29, 1.82) is 0 Å². The highest BCUT2D eigenvalue weighted by atomic mass is 79.9. The average Bonchev–Trinajstić information content (AvgIpc) is 2.62. The second-order valence-electron chi connectivity index (χ2n) is 6.08. The molecule has 3 nitrogen and oxygen atoms in total. The highest BCUT2D eigenvalue weighted by Crippen LogP contribution is 2.30. The second kappa shape index (κ2) is 7.62. The van der Waals surface area contributed by atoms with Gasteiger partial charge in [0.25, 0.3) is 0 Å². The zero-order chi connectivity index (χ0) is 17.8. The Labute approximate surface area is 154 Å². The monoisotopic (exact) mass is 395 g/mol. The maximum absolute atomic E-state index is 12.7. The first-order valence-electron chi connectivity index (χ1n) is 8.07. The number of rotatable bonds is 5. The molecule has 0 fully saturated rings. The highest BCUT2D eigenvalue weighted by Gasteiger charge is 2.19. The number of aryl methyl sites for hydroxylation is 1. The standard InChI is InChI=1S/C21H18BrNO2/c1-14-2-4-15(5-3-14)19(16-6-9-18(22)10-7-16)12-20(24)17-8-11-21(25)23-13-17/h2-11,13,19H,12H2,1H3,(H,23,25). The number of nitrogens with one attached hydrogen (secondary N) is 1. The van der Waals surface area contributed by atoms with E-state index < -0.39 is 0 Å². The number of hydrogen-bond donors (Lipinski definition) is 1. The highest BCUT2D eigenvalue weighted by molar-refractivity contribution is 9.10. The van der Waals surface area contributed by atoms with Crippen LogP contribution in [0.25, 0.3) is 0 Å². The van der Waals surface area contributed by atoms with Crippen LogP contribution in [-0.2, 0) is 0 Å². The quantitative estimate of drug-likeness (QED) is 0.627. The Morgan fingerprint density at radius 1 is 0.960 bits per heavy atom. The first-order valence-corrected chi connectivity index (χ1v) is 8.86. The molecule has 1 unspecified atom stereocenters. The molecule has 4 heteroatoms. The van der Waals surface area contributed by atoms with Gasteiger partial charge >= 0.3 is 0 Å². The molecule has 0 aliphatic heterocycles. The number of carbonyl (C=O) groups excluding carboxylic acids is 1. The summed E-state index contributed by atoms with van der Waals surface area (Å²) in [5, 5.41) is 0. The van der Waals surface area contributed by atoms with E-state index in [1.807, 2.05) is 31.2 Å². The van der Waals surface area contributed by atoms with E-state index in [0.717, 1.165) is 15.6 Å². The molecule has 0 spiro atoms. The number of carbonyl (C=O) groups is 1. The summed E-state index contributed by atoms with van der Waals surface area (Å²) in [4.78, 5) is 26.5. The van der Waals surface area contributed by atoms with E-state index in [2.05, 4.69) is 45.2 Å². The van der Waals surface area contributed by atoms with E-state index in [1.165, 1.54) is 17.8 Å². The third-order valence-corrected chi connectivity index (χ3v) is 4.78. The summed E-state index contributed by atoms with van der Waals surface area (Å²) in [6, 6.07) is 19.3. The van der Waals surface area contributed by atoms with Gasteiger partial charge in [0, 0.05) is 34.6 Å². The van der Waals surface area contributed by atoms with Gasteiger partial charge in [-0.25, -0.2) is 0 Å². The minimum atomic E-state index is -0.209. The van der Waals surface area contributed by atoms with E-state index in [0.29, 0.717) is 12.0 Å². The lowest BCUT2D eigenvalue weighted by molar-refractivity contribution is 0.0977. The molecule has 126 valence electrons. The largest absolute Gasteiger partial charge is 0.328 e. The van der Waals surface area contributed by atoms with E-state index in [1.54, 1.807) is 6.07 Å². The molecule has 1 heterocycles. The predicted octanol–water partition coefficient (Wildman–Crippen LogP) is 4.85. The van der Waals surface area contributed by atoms with E-state index in [4.69, 9.17) is 0 Å². The van der Waals surface area contributed by atoms with Crippen LogP contribution in [0.15, 0.2) is 76.1 Å². The Kier molecular flexibility index (Phi) is 5.29. The second-order valence-corrected chi connectivity index (χ2v) is 7.00. The number of aromatic nitrogens is 1. The summed E-state index contributed by atoms with van der Waals surface area (Å²) in [6.45, 7) is 2.05. The molecule has 0 aliphatic rings. The maximum atomic E-state index is 12.7. The molecule has 1 aromatic heterocycles. The number of aromatic amines is 1. The van der Waals surface area contributed by atoms with Crippen molar-refractivity contribution in [3.8, 4) is 0 Å². The number of halogens is 1. The fourth-order valence-electron chi connectivity index (χ4n) is 2.81. The first kappa shape index (κ1) is 17.4. The van der Waals surface area contributed by atoms with Crippen LogP contribution >= 0.6 is 15.9 Å². The number of benzene rings is 2. The molecular formula is C21H18BrNO2. The van der Waals surface area contributed by atoms with Crippen LogP contribution in [0.3, 0.4) is 0 Å². The van der Waals surface area contributed by atoms with Crippen molar-refractivity contribution in [2.45, 2.75) is 19.3 Å². The molecule has 1 atom stereocenters. The SMILES string of the molecule is Cc1ccc(C(CC(=O)c2ccc(=O)[nH]c2)c2ccc(Br)cc2)cc1. The number of hydrogen-bond acceptors (Lipinski definition) is 2. The summed E-state index contributed by atoms with van der Waals surface area (Å²) < 4.78 is 1.01. The summed E-state index contributed by atoms with van der Waals surface area (Å²) in [5.41, 5.74) is 3.69. The van der Waals surface area contributed by atoms with Crippen LogP contribution in [0.2, 0.25) is 0 Å². The minimum Gasteiger partial charge on any atom is -0.328 e. The summed E-state index contributed by atoms with van der Waals surface area (Å²) in [6.07, 6.45) is 1.83. The van der Waals surface area contributed by atoms with Crippen LogP contribution in [0, 0.1) is 6.92 Å². The average molecular weight is 396 g/mol. The maximum Gasteiger partial charge on any atom is 0.247 e. The third kappa shape index (κ3) is 4.34. The number of H-pyrrole nitrogens is 1. The topological polar surface area (TPSA) is 49.9 Å². The van der Waals surface area contributed by atoms with Gasteiger partial charge in [-0.15, -0.1) is 0 Å². The van der Waals surface area contributed by atoms with Gasteiger partial charge in [0.1, 0.15) is 0 Å². The molecule has 25 heavy (non-hydrogen) atoms. The molecular weight excluding hydrogens is 378 g/mol. The van der Waals surface area contributed by atoms with Gasteiger partial charge in [0.2, 0.25) is 5.56 Å². The Morgan fingerprint density at radius 3 is 2.12 bits per heavy atom. The fourth-order valence-corrected chi connectivity index (χ4v) is 3.07. The van der Waals surface area contributed by atoms with E-state index in [9.17, 15) is 9.59 Å². The van der Waals surface area contributed by atoms with Crippen molar-refractivity contribution < 1.29 is 4.79 Å². The predicted molar refractivity (Wildman–Crippen MR) is 103 cm³/mol. The number of Topliss-reactive ketones (excluding diaryl/α,β-unsaturated/α-hetero) is 1. The molecule has 0 radical (unpaired) electrons. The van der Waals surface area contributed by atoms with Gasteiger partial charge in [-0.3, -0.25) is 9.59 Å². The van der Waals surface area contributed by atoms with Crippen LogP contribution in [0.1, 0.15) is 39.4 Å². The number of ketones is 1. The van der Waals surface area contributed by atoms with Crippen LogP contribution < -0.4 is 5.56 Å². The zero-order valence-corrected chi connectivity index (χ0v) is 15.4. The van der Waals surface area contributed by atoms with Crippen molar-refractivity contribution in [2.75, 3.05) is 0 Å². The van der Waals surface area contributed by atoms with E-state index >= 15 is 0 Å². The van der Waals surface area contributed by atoms with Crippen molar-refractivity contribution >= 4 is 21.7 Å². The Morgan fingerprint density at radius 2 is 1.56 bits per heavy atom. The van der Waals surface area contributed by atoms with Crippen molar-refractivity contribution in [2.24, 2.45) is 0 Å². The molecule has 2 aromatic carbocycles. The van der Waals surface area contributed by atoms with Gasteiger partial charge in [-0.1, -0.05) is 57.9 Å². The molecule has 0 saturated heterocycles. The third-order valence-electron chi connectivity index (χ3n) is 4.25. The van der Waals surface area contributed by atoms with Gasteiger partial charge in [0.15, 0.2) is 5.78 Å². The molecule has 0 amide bonds. The Bertz CT molecular complexity index is 861. The zero-order valence-electron chi connectivity index (χ0n) is 13.8. The van der Waals surface area contributed by atoms with Gasteiger partial charge in [-0.05, 0) is 36.2 Å². The van der Waals surface area contributed by atoms with Gasteiger partial charge in [-0.2, -0.15) is 0 Å². The smallest absolute Gasteiger partial charge is 0.247 e. The molecule has 3 aromatic rings. The van der Waals surface area contributed by atoms with Crippen LogP contribution in [0.5, 0.6) is 0 Å². The Hall–Kier alpha value is -2.46. The van der Waals surface area contributed by atoms with Crippen molar-refractivity contribution in [1.82, 2.24) is 4.98 Å². The van der Waals surface area contributed by atoms with Crippen molar-refractivity contribution in [3.63, 3.8) is 0 Å². The number of pyridine rings is 1. The van der Waals surface area contributed by atoms with Gasteiger partial charge in [0.05, 0.1) is 0 Å². The van der Waals surface area contributed by atoms with Gasteiger partial charge < -0.3 is 4.98 Å². The van der Waals surface area contributed by atoms with E-state index in [-0.39, 0.29) is 17.3 Å². The summed E-state index contributed by atoms with van der Waals surface area (Å²) >= 11 is 3.45. The first-order chi connectivity index (χ1) is 12.0. The molecule has 1 N–H and O–H groups in total. The van der Waals surface area contributed by atoms with Crippen molar-refractivity contribution in [3.05, 3.63) is 104 Å². The normalized spacial score (nSPS) is 11.9. The Balaban J connectivity index is 1.94. The molecule has 3 rings (SSSR count). The molecule has 0 aliphatic carbocycles. The lowest BCUT2D eigenvalue weighted by atomic mass is 9.86. The van der Waals surface area contributed by atoms with Crippen LogP contribution in [-0.4, -0.2) is 10.8 Å². The summed E-state index contributed by atoms with van der Waals surface area (Å²) in [7, 11) is 0. The molecule has 0 saturated carbocycles.